The molecule has 5 nitrogen and oxygen atoms in total. The zero-order valence-electron chi connectivity index (χ0n) is 10.6. The van der Waals surface area contributed by atoms with Gasteiger partial charge >= 0.3 is 0 Å². The molecule has 1 heterocycles. The van der Waals surface area contributed by atoms with Crippen LogP contribution < -0.4 is 5.32 Å². The zero-order chi connectivity index (χ0) is 14.8. The van der Waals surface area contributed by atoms with Crippen molar-refractivity contribution in [3.63, 3.8) is 0 Å². The average molecular weight is 411 g/mol. The Hall–Kier alpha value is -1.87. The van der Waals surface area contributed by atoms with Gasteiger partial charge in [0.15, 0.2) is 5.01 Å². The number of phenols is 2. The minimum atomic E-state index is -0.0213. The summed E-state index contributed by atoms with van der Waals surface area (Å²) >= 11 is 3.57. The molecule has 3 aromatic rings. The lowest BCUT2D eigenvalue weighted by atomic mass is 10.2. The maximum absolute atomic E-state index is 9.83. The average Bonchev–Trinajstić information content (AvgIpc) is 2.90. The topological polar surface area (TPSA) is 78.3 Å². The summed E-state index contributed by atoms with van der Waals surface area (Å²) in [6.45, 7) is 0. The molecule has 2 aromatic carbocycles. The molecule has 0 aliphatic carbocycles. The maximum atomic E-state index is 9.83. The third-order valence-electron chi connectivity index (χ3n) is 2.73. The third kappa shape index (κ3) is 3.24. The minimum Gasteiger partial charge on any atom is -0.508 e. The maximum Gasteiger partial charge on any atom is 0.210 e. The number of aromatic hydroxyl groups is 2. The molecule has 0 amide bonds. The van der Waals surface area contributed by atoms with E-state index in [-0.39, 0.29) is 11.5 Å². The fourth-order valence-corrected chi connectivity index (χ4v) is 2.90. The molecule has 0 aliphatic heterocycles. The van der Waals surface area contributed by atoms with Crippen molar-refractivity contribution < 1.29 is 10.2 Å². The minimum absolute atomic E-state index is 0.0120. The first kappa shape index (κ1) is 14.1. The molecule has 106 valence electrons. The van der Waals surface area contributed by atoms with Crippen LogP contribution in [-0.4, -0.2) is 20.4 Å². The second-order valence-corrected chi connectivity index (χ2v) is 6.47. The molecule has 0 saturated carbocycles. The molecule has 0 aliphatic rings. The summed E-state index contributed by atoms with van der Waals surface area (Å²) in [6, 6.07) is 12.3. The highest BCUT2D eigenvalue weighted by Crippen LogP contribution is 2.35. The quantitative estimate of drug-likeness (QED) is 0.569. The summed E-state index contributed by atoms with van der Waals surface area (Å²) in [4.78, 5) is 0. The van der Waals surface area contributed by atoms with Gasteiger partial charge in [0.1, 0.15) is 11.5 Å². The van der Waals surface area contributed by atoms with E-state index < -0.39 is 0 Å². The molecule has 0 unspecified atom stereocenters. The number of halogens is 1. The number of benzene rings is 2. The van der Waals surface area contributed by atoms with E-state index in [1.54, 1.807) is 6.07 Å². The number of phenolic OH excluding ortho intramolecular Hbond substituents is 2. The Kier molecular flexibility index (Phi) is 3.93. The number of anilines is 2. The molecule has 0 atom stereocenters. The van der Waals surface area contributed by atoms with Gasteiger partial charge in [0.2, 0.25) is 5.13 Å². The Balaban J connectivity index is 1.84. The second kappa shape index (κ2) is 5.86. The SMILES string of the molecule is Oc1ccc(-c2nnc(Nc3ccc(I)cc3)s2)c(O)c1. The van der Waals surface area contributed by atoms with Crippen LogP contribution in [0.4, 0.5) is 10.8 Å². The van der Waals surface area contributed by atoms with E-state index in [2.05, 4.69) is 38.1 Å². The number of nitrogens with one attached hydrogen (secondary N) is 1. The van der Waals surface area contributed by atoms with Crippen LogP contribution in [0.5, 0.6) is 11.5 Å². The molecule has 0 spiro atoms. The number of nitrogens with zero attached hydrogens (tertiary/aromatic N) is 2. The van der Waals surface area contributed by atoms with E-state index in [1.165, 1.54) is 23.5 Å². The van der Waals surface area contributed by atoms with Crippen molar-refractivity contribution in [2.24, 2.45) is 0 Å². The summed E-state index contributed by atoms with van der Waals surface area (Å²) in [5, 5.41) is 31.6. The fourth-order valence-electron chi connectivity index (χ4n) is 1.74. The van der Waals surface area contributed by atoms with E-state index >= 15 is 0 Å². The van der Waals surface area contributed by atoms with Crippen molar-refractivity contribution in [2.75, 3.05) is 5.32 Å². The van der Waals surface area contributed by atoms with E-state index in [9.17, 15) is 10.2 Å². The summed E-state index contributed by atoms with van der Waals surface area (Å²) in [6.07, 6.45) is 0. The molecule has 21 heavy (non-hydrogen) atoms. The largest absolute Gasteiger partial charge is 0.508 e. The van der Waals surface area contributed by atoms with Crippen molar-refractivity contribution in [1.29, 1.82) is 0 Å². The van der Waals surface area contributed by atoms with Gasteiger partial charge in [-0.25, -0.2) is 0 Å². The molecule has 3 N–H and O–H groups in total. The molecule has 0 bridgehead atoms. The molecule has 0 saturated heterocycles. The molecule has 3 rings (SSSR count). The molecule has 1 aromatic heterocycles. The van der Waals surface area contributed by atoms with Crippen molar-refractivity contribution in [1.82, 2.24) is 10.2 Å². The third-order valence-corrected chi connectivity index (χ3v) is 4.32. The lowest BCUT2D eigenvalue weighted by Gasteiger charge is -2.01. The number of hydrogen-bond acceptors (Lipinski definition) is 6. The molecular weight excluding hydrogens is 401 g/mol. The number of rotatable bonds is 3. The van der Waals surface area contributed by atoms with E-state index in [4.69, 9.17) is 0 Å². The van der Waals surface area contributed by atoms with Crippen LogP contribution in [0.2, 0.25) is 0 Å². The highest BCUT2D eigenvalue weighted by Gasteiger charge is 2.11. The van der Waals surface area contributed by atoms with E-state index in [0.29, 0.717) is 15.7 Å². The van der Waals surface area contributed by atoms with Crippen LogP contribution in [-0.2, 0) is 0 Å². The highest BCUT2D eigenvalue weighted by atomic mass is 127. The monoisotopic (exact) mass is 411 g/mol. The Morgan fingerprint density at radius 3 is 2.48 bits per heavy atom. The van der Waals surface area contributed by atoms with E-state index in [0.717, 1.165) is 9.26 Å². The lowest BCUT2D eigenvalue weighted by Crippen LogP contribution is -1.88. The van der Waals surface area contributed by atoms with Gasteiger partial charge in [0.25, 0.3) is 0 Å². The molecule has 7 heteroatoms. The van der Waals surface area contributed by atoms with Crippen LogP contribution >= 0.6 is 33.9 Å². The van der Waals surface area contributed by atoms with Crippen LogP contribution in [0, 0.1) is 3.57 Å². The Morgan fingerprint density at radius 2 is 1.76 bits per heavy atom. The predicted octanol–water partition coefficient (Wildman–Crippen LogP) is 3.96. The van der Waals surface area contributed by atoms with Crippen molar-refractivity contribution in [3.8, 4) is 22.1 Å². The zero-order valence-corrected chi connectivity index (χ0v) is 13.6. The van der Waals surface area contributed by atoms with Crippen molar-refractivity contribution in [3.05, 3.63) is 46.0 Å². The van der Waals surface area contributed by atoms with Crippen LogP contribution in [0.3, 0.4) is 0 Å². The smallest absolute Gasteiger partial charge is 0.210 e. The van der Waals surface area contributed by atoms with Gasteiger partial charge in [-0.1, -0.05) is 11.3 Å². The highest BCUT2D eigenvalue weighted by molar-refractivity contribution is 14.1. The van der Waals surface area contributed by atoms with Crippen LogP contribution in [0.25, 0.3) is 10.6 Å². The van der Waals surface area contributed by atoms with E-state index in [1.807, 2.05) is 24.3 Å². The number of hydrogen-bond donors (Lipinski definition) is 3. The standard InChI is InChI=1S/C14H10IN3O2S/c15-8-1-3-9(4-2-8)16-14-18-17-13(21-14)11-6-5-10(19)7-12(11)20/h1-7,19-20H,(H,16,18). The first-order valence-electron chi connectivity index (χ1n) is 6.00. The first-order chi connectivity index (χ1) is 10.1. The van der Waals surface area contributed by atoms with Crippen molar-refractivity contribution in [2.45, 2.75) is 0 Å². The van der Waals surface area contributed by atoms with Gasteiger partial charge < -0.3 is 15.5 Å². The Bertz CT molecular complexity index is 774. The Labute approximate surface area is 138 Å². The summed E-state index contributed by atoms with van der Waals surface area (Å²) in [7, 11) is 0. The van der Waals surface area contributed by atoms with Crippen LogP contribution in [0.15, 0.2) is 42.5 Å². The van der Waals surface area contributed by atoms with Crippen LogP contribution in [0.1, 0.15) is 0 Å². The summed E-state index contributed by atoms with van der Waals surface area (Å²) in [5.41, 5.74) is 1.47. The van der Waals surface area contributed by atoms with Gasteiger partial charge in [0.05, 0.1) is 5.56 Å². The summed E-state index contributed by atoms with van der Waals surface area (Å²) < 4.78 is 1.16. The Morgan fingerprint density at radius 1 is 1.00 bits per heavy atom. The van der Waals surface area contributed by atoms with Gasteiger partial charge in [-0.05, 0) is 59.0 Å². The van der Waals surface area contributed by atoms with Gasteiger partial charge in [-0.2, -0.15) is 0 Å². The number of aromatic nitrogens is 2. The first-order valence-corrected chi connectivity index (χ1v) is 7.90. The molecular formula is C14H10IN3O2S. The van der Waals surface area contributed by atoms with Gasteiger partial charge in [0, 0.05) is 15.3 Å². The van der Waals surface area contributed by atoms with Gasteiger partial charge in [-0.15, -0.1) is 10.2 Å². The van der Waals surface area contributed by atoms with Crippen molar-refractivity contribution >= 4 is 44.7 Å². The summed E-state index contributed by atoms with van der Waals surface area (Å²) in [5.74, 6) is -0.00929. The lowest BCUT2D eigenvalue weighted by molar-refractivity contribution is 0.452. The molecule has 0 radical (unpaired) electrons. The predicted molar refractivity (Wildman–Crippen MR) is 91.1 cm³/mol. The fraction of sp³-hybridized carbons (Fsp3) is 0. The van der Waals surface area contributed by atoms with Gasteiger partial charge in [-0.3, -0.25) is 0 Å². The normalized spacial score (nSPS) is 10.5. The molecule has 0 fully saturated rings. The second-order valence-electron chi connectivity index (χ2n) is 4.25.